The van der Waals surface area contributed by atoms with E-state index in [1.807, 2.05) is 6.07 Å². The molecule has 0 N–H and O–H groups in total. The van der Waals surface area contributed by atoms with E-state index in [4.69, 9.17) is 9.05 Å². The summed E-state index contributed by atoms with van der Waals surface area (Å²) in [5.74, 6) is 0.212. The van der Waals surface area contributed by atoms with Crippen LogP contribution in [0.4, 0.5) is 5.69 Å². The van der Waals surface area contributed by atoms with Crippen LogP contribution in [-0.2, 0) is 9.09 Å². The third kappa shape index (κ3) is 4.06. The first kappa shape index (κ1) is 16.9. The van der Waals surface area contributed by atoms with Crippen molar-refractivity contribution in [2.45, 2.75) is 6.92 Å². The largest absolute Gasteiger partial charge is 0.421 e. The molecule has 7 heteroatoms. The Balaban J connectivity index is 2.28. The van der Waals surface area contributed by atoms with Crippen LogP contribution in [0.25, 0.3) is 5.31 Å². The van der Waals surface area contributed by atoms with Gasteiger partial charge < -0.3 is 4.52 Å². The van der Waals surface area contributed by atoms with Gasteiger partial charge in [-0.1, -0.05) is 36.9 Å². The van der Waals surface area contributed by atoms with Crippen molar-refractivity contribution in [1.82, 2.24) is 0 Å². The van der Waals surface area contributed by atoms with E-state index >= 15 is 0 Å². The molecule has 0 bridgehead atoms. The summed E-state index contributed by atoms with van der Waals surface area (Å²) in [4.78, 5) is 10.1. The second-order valence-electron chi connectivity index (χ2n) is 4.57. The quantitative estimate of drug-likeness (QED) is 0.410. The fourth-order valence-corrected chi connectivity index (χ4v) is 3.41. The molecule has 1 atom stereocenters. The maximum Gasteiger partial charge on any atom is 0.410 e. The van der Waals surface area contributed by atoms with Crippen molar-refractivity contribution in [1.29, 1.82) is 0 Å². The molecule has 23 heavy (non-hydrogen) atoms. The highest BCUT2D eigenvalue weighted by atomic mass is 31.2. The average Bonchev–Trinajstić information content (AvgIpc) is 2.55. The zero-order valence-corrected chi connectivity index (χ0v) is 13.4. The van der Waals surface area contributed by atoms with Crippen molar-refractivity contribution in [3.05, 3.63) is 76.9 Å². The van der Waals surface area contributed by atoms with Crippen molar-refractivity contribution in [3.8, 4) is 5.75 Å². The maximum atomic E-state index is 13.0. The molecule has 0 aliphatic rings. The molecule has 0 saturated carbocycles. The lowest BCUT2D eigenvalue weighted by Gasteiger charge is -2.20. The zero-order valence-electron chi connectivity index (χ0n) is 12.5. The summed E-state index contributed by atoms with van der Waals surface area (Å²) in [6, 6.07) is 14.2. The molecular weight excluding hydrogens is 317 g/mol. The van der Waals surface area contributed by atoms with Crippen molar-refractivity contribution in [2.75, 3.05) is 6.61 Å². The molecule has 6 nitrogen and oxygen atoms in total. The average molecular weight is 333 g/mol. The first-order valence-corrected chi connectivity index (χ1v) is 8.44. The molecule has 0 spiro atoms. The van der Waals surface area contributed by atoms with Crippen LogP contribution in [0.15, 0.2) is 61.2 Å². The van der Waals surface area contributed by atoms with E-state index in [1.165, 1.54) is 24.3 Å². The lowest BCUT2D eigenvalue weighted by molar-refractivity contribution is -0.384. The number of benzene rings is 2. The number of hydrogen-bond acceptors (Lipinski definition) is 5. The fourth-order valence-electron chi connectivity index (χ4n) is 1.89. The number of nitro benzene ring substituents is 1. The van der Waals surface area contributed by atoms with E-state index in [2.05, 4.69) is 6.58 Å². The molecule has 120 valence electrons. The second kappa shape index (κ2) is 7.22. The van der Waals surface area contributed by atoms with E-state index < -0.39 is 12.5 Å². The predicted octanol–water partition coefficient (Wildman–Crippen LogP) is 4.87. The molecule has 1 unspecified atom stereocenters. The SMILES string of the molecule is C=C(c1ccccc1)P(=O)(OCC)Oc1ccc([N+](=O)[O-])cc1. The van der Waals surface area contributed by atoms with Crippen molar-refractivity contribution in [2.24, 2.45) is 0 Å². The van der Waals surface area contributed by atoms with Gasteiger partial charge in [-0.15, -0.1) is 0 Å². The molecule has 0 aliphatic heterocycles. The highest BCUT2D eigenvalue weighted by molar-refractivity contribution is 7.65. The Morgan fingerprint density at radius 1 is 1.17 bits per heavy atom. The first-order valence-electron chi connectivity index (χ1n) is 6.90. The number of nitrogens with zero attached hydrogens (tertiary/aromatic N) is 1. The second-order valence-corrected chi connectivity index (χ2v) is 6.55. The number of non-ortho nitro benzene ring substituents is 1. The third-order valence-corrected chi connectivity index (χ3v) is 4.98. The highest BCUT2D eigenvalue weighted by Crippen LogP contribution is 2.59. The smallest absolute Gasteiger partial charge is 0.410 e. The van der Waals surface area contributed by atoms with Gasteiger partial charge in [0.1, 0.15) is 5.75 Å². The third-order valence-electron chi connectivity index (χ3n) is 3.01. The van der Waals surface area contributed by atoms with E-state index in [0.717, 1.165) is 0 Å². The van der Waals surface area contributed by atoms with Gasteiger partial charge in [0.2, 0.25) is 0 Å². The summed E-state index contributed by atoms with van der Waals surface area (Å²) in [7, 11) is -3.66. The normalized spacial score (nSPS) is 13.1. The summed E-state index contributed by atoms with van der Waals surface area (Å²) < 4.78 is 23.9. The molecule has 0 heterocycles. The Labute approximate surface area is 134 Å². The summed E-state index contributed by atoms with van der Waals surface area (Å²) in [5.41, 5.74) is 0.566. The molecule has 0 aliphatic carbocycles. The van der Waals surface area contributed by atoms with Gasteiger partial charge >= 0.3 is 7.60 Å². The monoisotopic (exact) mass is 333 g/mol. The Morgan fingerprint density at radius 3 is 2.30 bits per heavy atom. The number of rotatable bonds is 7. The topological polar surface area (TPSA) is 78.7 Å². The first-order chi connectivity index (χ1) is 11.0. The molecule has 0 amide bonds. The lowest BCUT2D eigenvalue weighted by Crippen LogP contribution is -2.00. The van der Waals surface area contributed by atoms with Gasteiger partial charge in [0.05, 0.1) is 16.8 Å². The minimum Gasteiger partial charge on any atom is -0.421 e. The van der Waals surface area contributed by atoms with Crippen molar-refractivity contribution < 1.29 is 18.5 Å². The zero-order chi connectivity index (χ0) is 16.9. The number of nitro groups is 1. The summed E-state index contributed by atoms with van der Waals surface area (Å²) in [6.45, 7) is 5.71. The molecule has 2 aromatic carbocycles. The standard InChI is InChI=1S/C16H16NO5P/c1-3-21-23(20,13(2)14-7-5-4-6-8-14)22-16-11-9-15(10-12-16)17(18)19/h4-12H,2-3H2,1H3. The van der Waals surface area contributed by atoms with E-state index in [0.29, 0.717) is 5.56 Å². The molecule has 2 rings (SSSR count). The van der Waals surface area contributed by atoms with E-state index in [-0.39, 0.29) is 23.4 Å². The molecule has 2 aromatic rings. The van der Waals surface area contributed by atoms with Crippen LogP contribution in [0.2, 0.25) is 0 Å². The van der Waals surface area contributed by atoms with Gasteiger partial charge in [-0.2, -0.15) is 0 Å². The van der Waals surface area contributed by atoms with Crippen molar-refractivity contribution in [3.63, 3.8) is 0 Å². The van der Waals surface area contributed by atoms with Gasteiger partial charge in [-0.25, -0.2) is 4.57 Å². The van der Waals surface area contributed by atoms with Crippen LogP contribution in [0.1, 0.15) is 12.5 Å². The summed E-state index contributed by atoms with van der Waals surface area (Å²) in [5, 5.41) is 10.9. The van der Waals surface area contributed by atoms with Gasteiger partial charge in [0.25, 0.3) is 5.69 Å². The van der Waals surface area contributed by atoms with E-state index in [9.17, 15) is 14.7 Å². The molecule has 0 fully saturated rings. The van der Waals surface area contributed by atoms with Crippen LogP contribution in [0.3, 0.4) is 0 Å². The van der Waals surface area contributed by atoms with Crippen LogP contribution in [-0.4, -0.2) is 11.5 Å². The van der Waals surface area contributed by atoms with Gasteiger partial charge in [-0.05, 0) is 24.6 Å². The number of hydrogen-bond donors (Lipinski definition) is 0. The van der Waals surface area contributed by atoms with Crippen molar-refractivity contribution >= 4 is 18.6 Å². The fraction of sp³-hybridized carbons (Fsp3) is 0.125. The molecular formula is C16H16NO5P. The van der Waals surface area contributed by atoms with Gasteiger partial charge in [-0.3, -0.25) is 14.6 Å². The molecule has 0 saturated heterocycles. The highest BCUT2D eigenvalue weighted by Gasteiger charge is 2.31. The lowest BCUT2D eigenvalue weighted by atomic mass is 10.2. The minimum atomic E-state index is -3.66. The van der Waals surface area contributed by atoms with Crippen LogP contribution >= 0.6 is 7.60 Å². The van der Waals surface area contributed by atoms with Gasteiger partial charge in [0, 0.05) is 12.1 Å². The Hall–Kier alpha value is -2.43. The Morgan fingerprint density at radius 2 is 1.78 bits per heavy atom. The van der Waals surface area contributed by atoms with Gasteiger partial charge in [0.15, 0.2) is 0 Å². The summed E-state index contributed by atoms with van der Waals surface area (Å²) in [6.07, 6.45) is 0. The maximum absolute atomic E-state index is 13.0. The van der Waals surface area contributed by atoms with Crippen LogP contribution in [0.5, 0.6) is 5.75 Å². The van der Waals surface area contributed by atoms with E-state index in [1.54, 1.807) is 31.2 Å². The van der Waals surface area contributed by atoms with Crippen LogP contribution in [0, 0.1) is 10.1 Å². The predicted molar refractivity (Wildman–Crippen MR) is 88.4 cm³/mol. The molecule has 0 aromatic heterocycles. The van der Waals surface area contributed by atoms with Crippen LogP contribution < -0.4 is 4.52 Å². The minimum absolute atomic E-state index is 0.0783. The summed E-state index contributed by atoms with van der Waals surface area (Å²) >= 11 is 0. The Bertz CT molecular complexity index is 743. The molecule has 0 radical (unpaired) electrons. The Kier molecular flexibility index (Phi) is 5.32.